The number of rotatable bonds is 9. The molecular weight excluding hydrogens is 533 g/mol. The second-order valence-electron chi connectivity index (χ2n) is 11.1. The van der Waals surface area contributed by atoms with E-state index in [4.69, 9.17) is 4.74 Å². The largest absolute Gasteiger partial charge is 0.453 e. The van der Waals surface area contributed by atoms with Gasteiger partial charge in [0, 0.05) is 37.3 Å². The molecule has 41 heavy (non-hydrogen) atoms. The Bertz CT molecular complexity index is 1320. The van der Waals surface area contributed by atoms with E-state index in [2.05, 4.69) is 5.32 Å². The first-order chi connectivity index (χ1) is 19.6. The summed E-state index contributed by atoms with van der Waals surface area (Å²) in [7, 11) is 0. The molecule has 3 aliphatic rings. The van der Waals surface area contributed by atoms with Crippen LogP contribution in [0, 0.1) is 5.92 Å². The average Bonchev–Trinajstić information content (AvgIpc) is 3.00. The van der Waals surface area contributed by atoms with E-state index in [-0.39, 0.29) is 17.6 Å². The summed E-state index contributed by atoms with van der Waals surface area (Å²) >= 11 is 0. The third-order valence-corrected chi connectivity index (χ3v) is 8.53. The van der Waals surface area contributed by atoms with Crippen LogP contribution in [0.1, 0.15) is 46.3 Å². The highest BCUT2D eigenvalue weighted by molar-refractivity contribution is 5.94. The van der Waals surface area contributed by atoms with Crippen LogP contribution in [0.3, 0.4) is 0 Å². The summed E-state index contributed by atoms with van der Waals surface area (Å²) in [5.41, 5.74) is -1.93. The lowest BCUT2D eigenvalue weighted by atomic mass is 9.82. The molecule has 3 aromatic carbocycles. The Balaban J connectivity index is 1.21. The number of esters is 1. The van der Waals surface area contributed by atoms with Gasteiger partial charge in [-0.3, -0.25) is 4.79 Å². The fourth-order valence-electron chi connectivity index (χ4n) is 6.21. The molecule has 0 spiro atoms. The maximum atomic E-state index is 13.7. The van der Waals surface area contributed by atoms with E-state index >= 15 is 0 Å². The fourth-order valence-corrected chi connectivity index (χ4v) is 6.21. The number of aliphatic hydroxyl groups is 1. The molecule has 0 saturated carbocycles. The van der Waals surface area contributed by atoms with Crippen LogP contribution in [-0.2, 0) is 21.3 Å². The van der Waals surface area contributed by atoms with Gasteiger partial charge in [0.05, 0.1) is 25.2 Å². The highest BCUT2D eigenvalue weighted by Gasteiger charge is 2.50. The molecule has 1 amide bonds. The number of hydrogen-bond acceptors (Lipinski definition) is 4. The molecule has 3 saturated heterocycles. The van der Waals surface area contributed by atoms with Gasteiger partial charge in [-0.25, -0.2) is 4.79 Å². The van der Waals surface area contributed by atoms with Crippen LogP contribution in [0.15, 0.2) is 84.9 Å². The lowest BCUT2D eigenvalue weighted by Crippen LogP contribution is -2.65. The van der Waals surface area contributed by atoms with Crippen molar-refractivity contribution in [2.75, 3.05) is 32.7 Å². The maximum Gasteiger partial charge on any atom is 0.416 e. The number of quaternary nitrogens is 1. The van der Waals surface area contributed by atoms with Gasteiger partial charge in [-0.05, 0) is 29.3 Å². The number of hydrogen-bond donors (Lipinski definition) is 2. The molecule has 3 fully saturated rings. The Morgan fingerprint density at radius 1 is 0.878 bits per heavy atom. The smallest absolute Gasteiger partial charge is 0.416 e. The summed E-state index contributed by atoms with van der Waals surface area (Å²) in [4.78, 5) is 26.1. The Kier molecular flexibility index (Phi) is 8.20. The van der Waals surface area contributed by atoms with E-state index in [0.29, 0.717) is 30.6 Å². The van der Waals surface area contributed by atoms with E-state index in [0.717, 1.165) is 49.1 Å². The maximum absolute atomic E-state index is 13.7. The number of carbonyl (C=O) groups excluding carboxylic acids is 2. The molecule has 1 atom stereocenters. The number of nitrogens with zero attached hydrogens (tertiary/aromatic N) is 1. The first-order valence-corrected chi connectivity index (χ1v) is 14.0. The van der Waals surface area contributed by atoms with Crippen LogP contribution in [0.2, 0.25) is 0 Å². The second-order valence-corrected chi connectivity index (χ2v) is 11.1. The van der Waals surface area contributed by atoms with Crippen molar-refractivity contribution in [1.29, 1.82) is 0 Å². The number of amides is 1. The summed E-state index contributed by atoms with van der Waals surface area (Å²) in [6, 6.07) is 22.0. The van der Waals surface area contributed by atoms with E-state index in [1.807, 2.05) is 12.1 Å². The molecule has 2 N–H and O–H groups in total. The van der Waals surface area contributed by atoms with Gasteiger partial charge in [0.25, 0.3) is 5.91 Å². The third kappa shape index (κ3) is 6.16. The van der Waals surface area contributed by atoms with Crippen molar-refractivity contribution in [3.05, 3.63) is 107 Å². The number of halogens is 3. The molecule has 3 aromatic rings. The zero-order valence-corrected chi connectivity index (χ0v) is 22.6. The Labute approximate surface area is 237 Å². The Morgan fingerprint density at radius 3 is 2.05 bits per heavy atom. The zero-order chi connectivity index (χ0) is 29.1. The lowest BCUT2D eigenvalue weighted by Gasteiger charge is -2.52. The van der Waals surface area contributed by atoms with Crippen LogP contribution in [0.5, 0.6) is 0 Å². The minimum atomic E-state index is -4.51. The summed E-state index contributed by atoms with van der Waals surface area (Å²) in [6.07, 6.45) is -2.44. The van der Waals surface area contributed by atoms with Crippen molar-refractivity contribution in [3.8, 4) is 0 Å². The fraction of sp³-hybridized carbons (Fsp3) is 0.375. The van der Waals surface area contributed by atoms with Crippen LogP contribution in [0.25, 0.3) is 0 Å². The molecule has 3 heterocycles. The number of alkyl halides is 3. The van der Waals surface area contributed by atoms with Gasteiger partial charge >= 0.3 is 12.1 Å². The second kappa shape index (κ2) is 11.7. The summed E-state index contributed by atoms with van der Waals surface area (Å²) in [5.74, 6) is -1.02. The monoisotopic (exact) mass is 567 g/mol. The predicted molar refractivity (Wildman–Crippen MR) is 147 cm³/mol. The topological polar surface area (TPSA) is 75.6 Å². The van der Waals surface area contributed by atoms with Crippen molar-refractivity contribution in [1.82, 2.24) is 5.32 Å². The minimum absolute atomic E-state index is 0.0260. The molecule has 6 nitrogen and oxygen atoms in total. The van der Waals surface area contributed by atoms with Gasteiger partial charge in [-0.2, -0.15) is 13.2 Å². The van der Waals surface area contributed by atoms with Gasteiger partial charge in [-0.15, -0.1) is 0 Å². The van der Waals surface area contributed by atoms with E-state index in [1.165, 1.54) is 12.1 Å². The quantitative estimate of drug-likeness (QED) is 0.219. The van der Waals surface area contributed by atoms with Gasteiger partial charge in [0.15, 0.2) is 6.10 Å². The number of fused-ring (bicyclic) bond motifs is 3. The molecule has 3 aliphatic heterocycles. The molecule has 0 aliphatic carbocycles. The van der Waals surface area contributed by atoms with Gasteiger partial charge in [-0.1, -0.05) is 66.7 Å². The molecular formula is C32H34F3N2O4+. The molecule has 0 aromatic heterocycles. The molecule has 9 heteroatoms. The van der Waals surface area contributed by atoms with E-state index in [9.17, 15) is 27.9 Å². The van der Waals surface area contributed by atoms with Crippen LogP contribution in [0.4, 0.5) is 13.2 Å². The van der Waals surface area contributed by atoms with Crippen LogP contribution in [-0.4, -0.2) is 60.3 Å². The summed E-state index contributed by atoms with van der Waals surface area (Å²) in [5, 5.41) is 14.5. The van der Waals surface area contributed by atoms with Crippen molar-refractivity contribution in [2.24, 2.45) is 5.92 Å². The normalized spacial score (nSPS) is 22.2. The lowest BCUT2D eigenvalue weighted by molar-refractivity contribution is -0.946. The molecule has 216 valence electrons. The first-order valence-electron chi connectivity index (χ1n) is 14.0. The Hall–Kier alpha value is -3.69. The van der Waals surface area contributed by atoms with E-state index < -0.39 is 29.2 Å². The van der Waals surface area contributed by atoms with Crippen molar-refractivity contribution < 1.29 is 37.1 Å². The molecule has 1 unspecified atom stereocenters. The van der Waals surface area contributed by atoms with Crippen LogP contribution < -0.4 is 5.32 Å². The van der Waals surface area contributed by atoms with Gasteiger partial charge < -0.3 is 19.6 Å². The van der Waals surface area contributed by atoms with Crippen molar-refractivity contribution in [2.45, 2.75) is 37.1 Å². The van der Waals surface area contributed by atoms with Gasteiger partial charge in [0.1, 0.15) is 6.54 Å². The summed E-state index contributed by atoms with van der Waals surface area (Å²) < 4.78 is 45.8. The highest BCUT2D eigenvalue weighted by Crippen LogP contribution is 2.38. The number of nitrogens with one attached hydrogen (secondary N) is 1. The summed E-state index contributed by atoms with van der Waals surface area (Å²) in [6.45, 7) is 3.55. The molecule has 6 rings (SSSR count). The van der Waals surface area contributed by atoms with Crippen molar-refractivity contribution >= 4 is 11.9 Å². The third-order valence-electron chi connectivity index (χ3n) is 8.53. The zero-order valence-electron chi connectivity index (χ0n) is 22.6. The van der Waals surface area contributed by atoms with Crippen molar-refractivity contribution in [3.63, 3.8) is 0 Å². The Morgan fingerprint density at radius 2 is 1.46 bits per heavy atom. The SMILES string of the molecule is O=C(NCCC[N+]12CCC(CC1)C(OC(=O)C(O)(c1ccccc1)c1ccccc1)C2)c1cccc(C(F)(F)F)c1. The predicted octanol–water partition coefficient (Wildman–Crippen LogP) is 4.91. The standard InChI is InChI=1S/C32H33F3N2O4/c33-32(34,35)27-14-7-9-24(21-27)29(38)36-17-8-18-37-19-15-23(16-20-37)28(22-37)41-30(39)31(40,25-10-3-1-4-11-25)26-12-5-2-6-13-26/h1-7,9-14,21,23,28,40H,8,15-20,22H2/p+1. The number of benzene rings is 3. The van der Waals surface area contributed by atoms with Crippen LogP contribution >= 0.6 is 0 Å². The number of piperidine rings is 3. The number of carbonyl (C=O) groups is 2. The molecule has 2 bridgehead atoms. The minimum Gasteiger partial charge on any atom is -0.453 e. The van der Waals surface area contributed by atoms with E-state index in [1.54, 1.807) is 48.5 Å². The molecule has 0 radical (unpaired) electrons. The first kappa shape index (κ1) is 28.8. The van der Waals surface area contributed by atoms with Gasteiger partial charge in [0.2, 0.25) is 5.60 Å². The number of ether oxygens (including phenoxy) is 1. The average molecular weight is 568 g/mol. The highest BCUT2D eigenvalue weighted by atomic mass is 19.4.